The Hall–Kier alpha value is -1.96. The predicted octanol–water partition coefficient (Wildman–Crippen LogP) is 1.82. The number of hydrogen-bond acceptors (Lipinski definition) is 3. The monoisotopic (exact) mass is 372 g/mol. The topological polar surface area (TPSA) is 101 Å². The number of carboxylic acid groups (broad SMARTS) is 1. The van der Waals surface area contributed by atoms with E-state index < -0.39 is 35.7 Å². The molecule has 2 amide bonds. The normalized spacial score (nSPS) is 18.2. The first-order valence-electron chi connectivity index (χ1n) is 6.57. The molecule has 0 saturated heterocycles. The van der Waals surface area contributed by atoms with Crippen LogP contribution in [0.15, 0.2) is 16.6 Å². The molecule has 0 spiro atoms. The minimum Gasteiger partial charge on any atom is -0.481 e. The number of carboxylic acids is 1. The number of carbonyl (C=O) groups excluding carboxylic acids is 2. The number of nitrogens with two attached hydrogens (primary N) is 1. The van der Waals surface area contributed by atoms with E-state index in [0.717, 1.165) is 4.90 Å². The standard InChI is InChI=1S/C14H14BrFN2O4/c1-6-11-7(2-3-8(15)12(11)16)14(22)18(6)9(13(17)21)4-5-10(19)20/h2-3,6,9H,4-5H2,1H3,(H2,17,21)(H,19,20)/t6?,9-/m0/s1. The lowest BCUT2D eigenvalue weighted by Crippen LogP contribution is -2.46. The second-order valence-corrected chi connectivity index (χ2v) is 5.92. The number of fused-ring (bicyclic) bond motifs is 1. The molecule has 2 rings (SSSR count). The number of benzene rings is 1. The quantitative estimate of drug-likeness (QED) is 0.822. The zero-order valence-corrected chi connectivity index (χ0v) is 13.3. The van der Waals surface area contributed by atoms with Crippen LogP contribution in [0, 0.1) is 5.82 Å². The molecule has 6 nitrogen and oxygen atoms in total. The van der Waals surface area contributed by atoms with Gasteiger partial charge in [0.2, 0.25) is 5.91 Å². The largest absolute Gasteiger partial charge is 0.481 e. The van der Waals surface area contributed by atoms with E-state index in [9.17, 15) is 18.8 Å². The molecule has 1 unspecified atom stereocenters. The van der Waals surface area contributed by atoms with Gasteiger partial charge in [-0.05, 0) is 41.4 Å². The maximum Gasteiger partial charge on any atom is 0.303 e. The first kappa shape index (κ1) is 16.4. The van der Waals surface area contributed by atoms with Crippen LogP contribution in [0.4, 0.5) is 4.39 Å². The summed E-state index contributed by atoms with van der Waals surface area (Å²) >= 11 is 3.06. The molecule has 8 heteroatoms. The van der Waals surface area contributed by atoms with Gasteiger partial charge in [0.15, 0.2) is 0 Å². The van der Waals surface area contributed by atoms with Crippen LogP contribution in [0.1, 0.15) is 41.7 Å². The summed E-state index contributed by atoms with van der Waals surface area (Å²) in [4.78, 5) is 35.9. The highest BCUT2D eigenvalue weighted by atomic mass is 79.9. The van der Waals surface area contributed by atoms with Crippen molar-refractivity contribution in [3.63, 3.8) is 0 Å². The van der Waals surface area contributed by atoms with Gasteiger partial charge in [0.25, 0.3) is 5.91 Å². The van der Waals surface area contributed by atoms with Crippen LogP contribution in [-0.4, -0.2) is 33.8 Å². The maximum atomic E-state index is 14.2. The zero-order chi connectivity index (χ0) is 16.6. The molecular formula is C14H14BrFN2O4. The first-order valence-corrected chi connectivity index (χ1v) is 7.36. The molecule has 0 bridgehead atoms. The SMILES string of the molecule is CC1c2c(ccc(Br)c2F)C(=O)N1[C@@H](CCC(=O)O)C(N)=O. The van der Waals surface area contributed by atoms with E-state index in [1.807, 2.05) is 0 Å². The fraction of sp³-hybridized carbons (Fsp3) is 0.357. The van der Waals surface area contributed by atoms with Crippen molar-refractivity contribution in [1.29, 1.82) is 0 Å². The molecule has 1 heterocycles. The summed E-state index contributed by atoms with van der Waals surface area (Å²) in [6.45, 7) is 1.58. The van der Waals surface area contributed by atoms with Gasteiger partial charge in [0, 0.05) is 17.5 Å². The minimum absolute atomic E-state index is 0.114. The summed E-state index contributed by atoms with van der Waals surface area (Å²) in [5.41, 5.74) is 5.64. The van der Waals surface area contributed by atoms with Gasteiger partial charge < -0.3 is 15.7 Å². The van der Waals surface area contributed by atoms with Crippen LogP contribution in [-0.2, 0) is 9.59 Å². The third kappa shape index (κ3) is 2.70. The van der Waals surface area contributed by atoms with Crippen LogP contribution in [0.3, 0.4) is 0 Å². The third-order valence-electron chi connectivity index (χ3n) is 3.73. The van der Waals surface area contributed by atoms with Gasteiger partial charge >= 0.3 is 5.97 Å². The van der Waals surface area contributed by atoms with Crippen molar-refractivity contribution in [2.75, 3.05) is 0 Å². The second-order valence-electron chi connectivity index (χ2n) is 5.06. The molecule has 0 fully saturated rings. The highest BCUT2D eigenvalue weighted by Crippen LogP contribution is 2.39. The smallest absolute Gasteiger partial charge is 0.303 e. The average molecular weight is 373 g/mol. The van der Waals surface area contributed by atoms with Gasteiger partial charge in [0.05, 0.1) is 10.5 Å². The Morgan fingerprint density at radius 1 is 1.50 bits per heavy atom. The van der Waals surface area contributed by atoms with E-state index in [2.05, 4.69) is 15.9 Å². The number of carbonyl (C=O) groups is 3. The van der Waals surface area contributed by atoms with Gasteiger partial charge in [-0.2, -0.15) is 0 Å². The van der Waals surface area contributed by atoms with Crippen molar-refractivity contribution < 1.29 is 23.9 Å². The number of nitrogens with zero attached hydrogens (tertiary/aromatic N) is 1. The lowest BCUT2D eigenvalue weighted by Gasteiger charge is -2.29. The predicted molar refractivity (Wildman–Crippen MR) is 78.5 cm³/mol. The summed E-state index contributed by atoms with van der Waals surface area (Å²) < 4.78 is 14.5. The van der Waals surface area contributed by atoms with E-state index >= 15 is 0 Å². The lowest BCUT2D eigenvalue weighted by molar-refractivity contribution is -0.137. The molecule has 3 N–H and O–H groups in total. The molecule has 0 radical (unpaired) electrons. The molecule has 22 heavy (non-hydrogen) atoms. The molecule has 2 atom stereocenters. The number of amides is 2. The number of hydrogen-bond donors (Lipinski definition) is 2. The van der Waals surface area contributed by atoms with Crippen LogP contribution in [0.5, 0.6) is 0 Å². The fourth-order valence-electron chi connectivity index (χ4n) is 2.71. The number of primary amides is 1. The molecule has 1 aromatic rings. The van der Waals surface area contributed by atoms with Crippen LogP contribution >= 0.6 is 15.9 Å². The van der Waals surface area contributed by atoms with Gasteiger partial charge in [-0.1, -0.05) is 0 Å². The Balaban J connectivity index is 2.40. The van der Waals surface area contributed by atoms with Crippen LogP contribution in [0.2, 0.25) is 0 Å². The van der Waals surface area contributed by atoms with E-state index in [0.29, 0.717) is 0 Å². The summed E-state index contributed by atoms with van der Waals surface area (Å²) in [5.74, 6) is -3.00. The van der Waals surface area contributed by atoms with Gasteiger partial charge in [-0.25, -0.2) is 4.39 Å². The van der Waals surface area contributed by atoms with Crippen molar-refractivity contribution in [2.24, 2.45) is 5.73 Å². The minimum atomic E-state index is -1.10. The van der Waals surface area contributed by atoms with E-state index in [-0.39, 0.29) is 28.4 Å². The number of halogens is 2. The van der Waals surface area contributed by atoms with Crippen molar-refractivity contribution in [1.82, 2.24) is 4.90 Å². The summed E-state index contributed by atoms with van der Waals surface area (Å²) in [5, 5.41) is 8.75. The molecular weight excluding hydrogens is 359 g/mol. The van der Waals surface area contributed by atoms with Crippen molar-refractivity contribution in [3.8, 4) is 0 Å². The number of rotatable bonds is 5. The number of aliphatic carboxylic acids is 1. The highest BCUT2D eigenvalue weighted by Gasteiger charge is 2.42. The Morgan fingerprint density at radius 3 is 2.68 bits per heavy atom. The van der Waals surface area contributed by atoms with Gasteiger partial charge in [-0.15, -0.1) is 0 Å². The molecule has 1 aliphatic heterocycles. The zero-order valence-electron chi connectivity index (χ0n) is 11.7. The molecule has 1 aromatic carbocycles. The van der Waals surface area contributed by atoms with Gasteiger partial charge in [0.1, 0.15) is 11.9 Å². The van der Waals surface area contributed by atoms with E-state index in [1.54, 1.807) is 6.92 Å². The molecule has 1 aliphatic rings. The lowest BCUT2D eigenvalue weighted by atomic mass is 10.0. The van der Waals surface area contributed by atoms with Gasteiger partial charge in [-0.3, -0.25) is 14.4 Å². The molecule has 118 valence electrons. The maximum absolute atomic E-state index is 14.2. The molecule has 0 saturated carbocycles. The Bertz CT molecular complexity index is 664. The molecule has 0 aliphatic carbocycles. The average Bonchev–Trinajstić information content (AvgIpc) is 2.67. The summed E-state index contributed by atoms with van der Waals surface area (Å²) in [6.07, 6.45) is -0.426. The van der Waals surface area contributed by atoms with Crippen molar-refractivity contribution in [3.05, 3.63) is 33.5 Å². The Morgan fingerprint density at radius 2 is 2.14 bits per heavy atom. The second kappa shape index (κ2) is 6.04. The van der Waals surface area contributed by atoms with Crippen molar-refractivity contribution >= 4 is 33.7 Å². The van der Waals surface area contributed by atoms with Crippen LogP contribution in [0.25, 0.3) is 0 Å². The van der Waals surface area contributed by atoms with Crippen LogP contribution < -0.4 is 5.73 Å². The van der Waals surface area contributed by atoms with Crippen molar-refractivity contribution in [2.45, 2.75) is 31.8 Å². The summed E-state index contributed by atoms with van der Waals surface area (Å²) in [6, 6.07) is 1.09. The first-order chi connectivity index (χ1) is 10.3. The summed E-state index contributed by atoms with van der Waals surface area (Å²) in [7, 11) is 0. The van der Waals surface area contributed by atoms with E-state index in [1.165, 1.54) is 12.1 Å². The third-order valence-corrected chi connectivity index (χ3v) is 4.34. The Kier molecular flexibility index (Phi) is 4.50. The Labute approximate surface area is 134 Å². The fourth-order valence-corrected chi connectivity index (χ4v) is 3.05. The highest BCUT2D eigenvalue weighted by molar-refractivity contribution is 9.10. The molecule has 0 aromatic heterocycles. The van der Waals surface area contributed by atoms with E-state index in [4.69, 9.17) is 10.8 Å².